The predicted molar refractivity (Wildman–Crippen MR) is 180 cm³/mol. The highest BCUT2D eigenvalue weighted by Crippen LogP contribution is 2.29. The SMILES string of the molecule is C[C@@H]1CN([C@H](C)CO)C(=O)c2cc(NC(=O)Nc3ccccc3)ccc2O[C@@H](C)CCCCO[C@@H]1CN(C)C(=O)C1CCCCC1. The third-order valence-corrected chi connectivity index (χ3v) is 9.13. The molecule has 0 bridgehead atoms. The maximum absolute atomic E-state index is 14.3. The Labute approximate surface area is 273 Å². The molecule has 252 valence electrons. The quantitative estimate of drug-likeness (QED) is 0.335. The molecule has 46 heavy (non-hydrogen) atoms. The summed E-state index contributed by atoms with van der Waals surface area (Å²) in [5, 5.41) is 15.8. The molecule has 1 fully saturated rings. The topological polar surface area (TPSA) is 120 Å². The van der Waals surface area contributed by atoms with Crippen LogP contribution in [0, 0.1) is 11.8 Å². The van der Waals surface area contributed by atoms with Crippen molar-refractivity contribution < 1.29 is 29.0 Å². The maximum Gasteiger partial charge on any atom is 0.323 e. The fourth-order valence-electron chi connectivity index (χ4n) is 6.30. The van der Waals surface area contributed by atoms with E-state index in [1.165, 1.54) is 6.42 Å². The van der Waals surface area contributed by atoms with Crippen molar-refractivity contribution in [2.24, 2.45) is 11.8 Å². The molecule has 4 atom stereocenters. The summed E-state index contributed by atoms with van der Waals surface area (Å²) >= 11 is 0. The molecule has 0 aromatic heterocycles. The smallest absolute Gasteiger partial charge is 0.323 e. The molecule has 1 saturated carbocycles. The fourth-order valence-corrected chi connectivity index (χ4v) is 6.30. The Hall–Kier alpha value is -3.63. The van der Waals surface area contributed by atoms with Crippen molar-refractivity contribution in [2.45, 2.75) is 90.4 Å². The molecule has 3 N–H and O–H groups in total. The summed E-state index contributed by atoms with van der Waals surface area (Å²) in [5.74, 6) is 0.212. The summed E-state index contributed by atoms with van der Waals surface area (Å²) in [6.07, 6.45) is 7.30. The van der Waals surface area contributed by atoms with Gasteiger partial charge in [-0.3, -0.25) is 9.59 Å². The molecule has 2 aromatic rings. The van der Waals surface area contributed by atoms with E-state index in [9.17, 15) is 19.5 Å². The van der Waals surface area contributed by atoms with Crippen molar-refractivity contribution in [3.63, 3.8) is 0 Å². The highest BCUT2D eigenvalue weighted by Gasteiger charge is 2.32. The maximum atomic E-state index is 14.3. The average molecular weight is 637 g/mol. The highest BCUT2D eigenvalue weighted by molar-refractivity contribution is 6.02. The first-order valence-electron chi connectivity index (χ1n) is 16.9. The van der Waals surface area contributed by atoms with Crippen LogP contribution in [0.5, 0.6) is 5.75 Å². The van der Waals surface area contributed by atoms with Crippen molar-refractivity contribution in [3.8, 4) is 5.75 Å². The predicted octanol–water partition coefficient (Wildman–Crippen LogP) is 6.16. The van der Waals surface area contributed by atoms with Gasteiger partial charge in [0, 0.05) is 50.0 Å². The lowest BCUT2D eigenvalue weighted by Gasteiger charge is -2.36. The molecular formula is C36H52N4O6. The number of carbonyl (C=O) groups is 3. The van der Waals surface area contributed by atoms with E-state index in [1.807, 2.05) is 44.0 Å². The minimum absolute atomic E-state index is 0.0654. The second kappa shape index (κ2) is 17.3. The number of nitrogens with one attached hydrogen (secondary N) is 2. The van der Waals surface area contributed by atoms with Crippen LogP contribution in [0.1, 0.15) is 82.5 Å². The van der Waals surface area contributed by atoms with Gasteiger partial charge in [-0.15, -0.1) is 0 Å². The zero-order valence-electron chi connectivity index (χ0n) is 27.9. The molecule has 2 aromatic carbocycles. The number of amides is 4. The van der Waals surface area contributed by atoms with Crippen molar-refractivity contribution in [1.82, 2.24) is 9.80 Å². The van der Waals surface area contributed by atoms with Crippen molar-refractivity contribution in [1.29, 1.82) is 0 Å². The molecule has 1 aliphatic heterocycles. The van der Waals surface area contributed by atoms with E-state index in [1.54, 1.807) is 42.2 Å². The summed E-state index contributed by atoms with van der Waals surface area (Å²) < 4.78 is 12.7. The standard InChI is InChI=1S/C36H52N4O6/c1-25-22-40(26(2)24-41)35(43)31-21-30(38-36(44)37-29-16-9-6-10-17-29)18-19-32(31)46-27(3)13-11-12-20-45-33(25)23-39(4)34(42)28-14-7-5-8-15-28/h6,9-10,16-19,21,25-28,33,41H,5,7-8,11-15,20,22-24H2,1-4H3,(H2,37,38,44)/t25-,26-,27+,33-/m1/s1. The lowest BCUT2D eigenvalue weighted by atomic mass is 9.88. The van der Waals surface area contributed by atoms with Crippen LogP contribution < -0.4 is 15.4 Å². The molecule has 0 radical (unpaired) electrons. The number of aliphatic hydroxyl groups excluding tert-OH is 1. The molecule has 1 aliphatic carbocycles. The Kier molecular flexibility index (Phi) is 13.3. The Balaban J connectivity index is 1.58. The van der Waals surface area contributed by atoms with Gasteiger partial charge in [0.05, 0.1) is 30.4 Å². The van der Waals surface area contributed by atoms with Gasteiger partial charge < -0.3 is 35.0 Å². The molecule has 0 spiro atoms. The van der Waals surface area contributed by atoms with Crippen LogP contribution in [-0.2, 0) is 9.53 Å². The number of hydrogen-bond acceptors (Lipinski definition) is 6. The summed E-state index contributed by atoms with van der Waals surface area (Å²) in [5.41, 5.74) is 1.38. The van der Waals surface area contributed by atoms with Crippen molar-refractivity contribution in [3.05, 3.63) is 54.1 Å². The summed E-state index contributed by atoms with van der Waals surface area (Å²) in [4.78, 5) is 43.9. The fraction of sp³-hybridized carbons (Fsp3) is 0.583. The van der Waals surface area contributed by atoms with E-state index >= 15 is 0 Å². The Bertz CT molecular complexity index is 1280. The van der Waals surface area contributed by atoms with E-state index < -0.39 is 12.1 Å². The molecule has 2 aliphatic rings. The third-order valence-electron chi connectivity index (χ3n) is 9.13. The second-order valence-corrected chi connectivity index (χ2v) is 13.0. The van der Waals surface area contributed by atoms with Gasteiger partial charge in [0.15, 0.2) is 0 Å². The number of rotatable bonds is 7. The van der Waals surface area contributed by atoms with Crippen LogP contribution in [0.3, 0.4) is 0 Å². The van der Waals surface area contributed by atoms with E-state index in [2.05, 4.69) is 10.6 Å². The van der Waals surface area contributed by atoms with Crippen LogP contribution in [0.4, 0.5) is 16.2 Å². The lowest BCUT2D eigenvalue weighted by molar-refractivity contribution is -0.137. The van der Waals surface area contributed by atoms with Gasteiger partial charge in [0.2, 0.25) is 5.91 Å². The van der Waals surface area contributed by atoms with Crippen LogP contribution >= 0.6 is 0 Å². The number of hydrogen-bond donors (Lipinski definition) is 3. The van der Waals surface area contributed by atoms with E-state index in [0.29, 0.717) is 42.4 Å². The number of aliphatic hydroxyl groups is 1. The van der Waals surface area contributed by atoms with Gasteiger partial charge in [-0.05, 0) is 76.3 Å². The molecule has 1 heterocycles. The van der Waals surface area contributed by atoms with Crippen LogP contribution in [0.2, 0.25) is 0 Å². The summed E-state index contributed by atoms with van der Waals surface area (Å²) in [7, 11) is 1.86. The second-order valence-electron chi connectivity index (χ2n) is 13.0. The molecule has 4 rings (SSSR count). The number of ether oxygens (including phenoxy) is 2. The van der Waals surface area contributed by atoms with Gasteiger partial charge in [-0.2, -0.15) is 0 Å². The number of para-hydroxylation sites is 1. The summed E-state index contributed by atoms with van der Waals surface area (Å²) in [6.45, 7) is 6.88. The van der Waals surface area contributed by atoms with Crippen LogP contribution in [-0.4, -0.2) is 84.4 Å². The molecule has 4 amide bonds. The normalized spacial score (nSPS) is 22.5. The lowest BCUT2D eigenvalue weighted by Crippen LogP contribution is -2.48. The third kappa shape index (κ3) is 9.93. The highest BCUT2D eigenvalue weighted by atomic mass is 16.5. The zero-order chi connectivity index (χ0) is 33.1. The first kappa shape index (κ1) is 35.2. The van der Waals surface area contributed by atoms with Crippen LogP contribution in [0.15, 0.2) is 48.5 Å². The van der Waals surface area contributed by atoms with Gasteiger partial charge in [0.1, 0.15) is 5.75 Å². The Morgan fingerprint density at radius 3 is 2.39 bits per heavy atom. The largest absolute Gasteiger partial charge is 0.490 e. The van der Waals surface area contributed by atoms with E-state index in [4.69, 9.17) is 9.47 Å². The molecule has 10 heteroatoms. The number of anilines is 2. The number of benzene rings is 2. The summed E-state index contributed by atoms with van der Waals surface area (Å²) in [6, 6.07) is 13.3. The minimum Gasteiger partial charge on any atom is -0.490 e. The average Bonchev–Trinajstić information content (AvgIpc) is 3.06. The van der Waals surface area contributed by atoms with Crippen molar-refractivity contribution >= 4 is 29.2 Å². The minimum atomic E-state index is -0.492. The first-order chi connectivity index (χ1) is 22.2. The van der Waals surface area contributed by atoms with Gasteiger partial charge in [-0.25, -0.2) is 4.79 Å². The Morgan fingerprint density at radius 1 is 0.978 bits per heavy atom. The number of fused-ring (bicyclic) bond motifs is 1. The number of urea groups is 1. The number of carbonyl (C=O) groups excluding carboxylic acids is 3. The van der Waals surface area contributed by atoms with Crippen LogP contribution in [0.25, 0.3) is 0 Å². The van der Waals surface area contributed by atoms with E-state index in [-0.39, 0.29) is 42.5 Å². The number of likely N-dealkylation sites (N-methyl/N-ethyl adjacent to an activating group) is 1. The monoisotopic (exact) mass is 636 g/mol. The molecular weight excluding hydrogens is 584 g/mol. The van der Waals surface area contributed by atoms with Gasteiger partial charge in [0.25, 0.3) is 5.91 Å². The van der Waals surface area contributed by atoms with Crippen molar-refractivity contribution in [2.75, 3.05) is 44.0 Å². The first-order valence-corrected chi connectivity index (χ1v) is 16.9. The zero-order valence-corrected chi connectivity index (χ0v) is 27.9. The Morgan fingerprint density at radius 2 is 1.67 bits per heavy atom. The van der Waals surface area contributed by atoms with Gasteiger partial charge in [-0.1, -0.05) is 44.4 Å². The molecule has 0 saturated heterocycles. The van der Waals surface area contributed by atoms with Gasteiger partial charge >= 0.3 is 6.03 Å². The number of nitrogens with zero attached hydrogens (tertiary/aromatic N) is 2. The molecule has 10 nitrogen and oxygen atoms in total. The van der Waals surface area contributed by atoms with E-state index in [0.717, 1.165) is 44.9 Å². The molecule has 0 unspecified atom stereocenters.